The number of nitrogen functional groups attached to an aromatic ring is 1. The zero-order chi connectivity index (χ0) is 14.5. The van der Waals surface area contributed by atoms with E-state index in [1.165, 1.54) is 6.33 Å². The lowest BCUT2D eigenvalue weighted by Crippen LogP contribution is -2.14. The van der Waals surface area contributed by atoms with Crippen molar-refractivity contribution in [2.24, 2.45) is 5.84 Å². The molecule has 0 amide bonds. The standard InChI is InChI=1S/C10H12N8O2/c1-6-12-3-2-7(16-6)4-13-9-8(18(19)20)10(17-11)15-5-14-9/h2-3,5H,4,11H2,1H3,(H2,13,14,15,17). The van der Waals surface area contributed by atoms with Gasteiger partial charge in [0.2, 0.25) is 11.6 Å². The van der Waals surface area contributed by atoms with Crippen molar-refractivity contribution in [3.8, 4) is 0 Å². The minimum atomic E-state index is -0.608. The van der Waals surface area contributed by atoms with Crippen LogP contribution in [0, 0.1) is 17.0 Å². The number of hydrazine groups is 1. The Balaban J connectivity index is 2.23. The van der Waals surface area contributed by atoms with Crippen LogP contribution in [0.15, 0.2) is 18.6 Å². The Morgan fingerprint density at radius 1 is 1.35 bits per heavy atom. The quantitative estimate of drug-likeness (QED) is 0.400. The predicted molar refractivity (Wildman–Crippen MR) is 70.6 cm³/mol. The molecule has 4 N–H and O–H groups in total. The maximum absolute atomic E-state index is 11.0. The lowest BCUT2D eigenvalue weighted by atomic mass is 10.3. The molecule has 0 saturated carbocycles. The fourth-order valence-electron chi connectivity index (χ4n) is 1.56. The first-order valence-electron chi connectivity index (χ1n) is 5.60. The van der Waals surface area contributed by atoms with Gasteiger partial charge in [0.25, 0.3) is 0 Å². The summed E-state index contributed by atoms with van der Waals surface area (Å²) < 4.78 is 0. The molecule has 0 aliphatic heterocycles. The summed E-state index contributed by atoms with van der Waals surface area (Å²) in [6, 6.07) is 1.70. The second-order valence-corrected chi connectivity index (χ2v) is 3.77. The topological polar surface area (TPSA) is 145 Å². The fraction of sp³-hybridized carbons (Fsp3) is 0.200. The van der Waals surface area contributed by atoms with Crippen molar-refractivity contribution < 1.29 is 4.92 Å². The molecular formula is C10H12N8O2. The van der Waals surface area contributed by atoms with E-state index in [0.29, 0.717) is 11.5 Å². The van der Waals surface area contributed by atoms with E-state index >= 15 is 0 Å². The second-order valence-electron chi connectivity index (χ2n) is 3.77. The lowest BCUT2D eigenvalue weighted by molar-refractivity contribution is -0.383. The normalized spacial score (nSPS) is 10.1. The Labute approximate surface area is 113 Å². The molecule has 0 spiro atoms. The van der Waals surface area contributed by atoms with Crippen LogP contribution in [0.25, 0.3) is 0 Å². The largest absolute Gasteiger partial charge is 0.359 e. The average Bonchev–Trinajstić information content (AvgIpc) is 2.44. The highest BCUT2D eigenvalue weighted by molar-refractivity contribution is 5.68. The summed E-state index contributed by atoms with van der Waals surface area (Å²) in [5, 5.41) is 13.9. The summed E-state index contributed by atoms with van der Waals surface area (Å²) in [6.07, 6.45) is 2.79. The number of nitro groups is 1. The van der Waals surface area contributed by atoms with Gasteiger partial charge in [-0.1, -0.05) is 0 Å². The molecule has 2 rings (SSSR count). The Morgan fingerprint density at radius 2 is 2.10 bits per heavy atom. The number of anilines is 2. The first-order chi connectivity index (χ1) is 9.61. The van der Waals surface area contributed by atoms with E-state index in [0.717, 1.165) is 0 Å². The van der Waals surface area contributed by atoms with Gasteiger partial charge < -0.3 is 10.7 Å². The number of nitrogens with zero attached hydrogens (tertiary/aromatic N) is 5. The van der Waals surface area contributed by atoms with Gasteiger partial charge in [0.05, 0.1) is 17.2 Å². The molecule has 0 atom stereocenters. The molecule has 10 heteroatoms. The number of nitrogens with one attached hydrogen (secondary N) is 2. The molecule has 0 fully saturated rings. The highest BCUT2D eigenvalue weighted by Gasteiger charge is 2.22. The van der Waals surface area contributed by atoms with Crippen LogP contribution in [0.5, 0.6) is 0 Å². The molecule has 2 aromatic heterocycles. The van der Waals surface area contributed by atoms with E-state index in [4.69, 9.17) is 5.84 Å². The molecule has 104 valence electrons. The minimum absolute atomic E-state index is 0.0635. The number of hydrogen-bond donors (Lipinski definition) is 3. The molecule has 0 unspecified atom stereocenters. The number of aryl methyl sites for hydroxylation is 1. The van der Waals surface area contributed by atoms with Crippen LogP contribution >= 0.6 is 0 Å². The fourth-order valence-corrected chi connectivity index (χ4v) is 1.56. The molecule has 20 heavy (non-hydrogen) atoms. The second kappa shape index (κ2) is 5.84. The maximum Gasteiger partial charge on any atom is 0.354 e. The molecule has 0 aliphatic rings. The number of rotatable bonds is 5. The summed E-state index contributed by atoms with van der Waals surface area (Å²) in [4.78, 5) is 26.1. The molecule has 0 saturated heterocycles. The van der Waals surface area contributed by atoms with Gasteiger partial charge in [0, 0.05) is 6.20 Å². The van der Waals surface area contributed by atoms with Crippen LogP contribution in [0.4, 0.5) is 17.3 Å². The zero-order valence-corrected chi connectivity index (χ0v) is 10.6. The van der Waals surface area contributed by atoms with Crippen LogP contribution in [-0.2, 0) is 6.54 Å². The predicted octanol–water partition coefficient (Wildman–Crippen LogP) is 0.381. The van der Waals surface area contributed by atoms with Crippen molar-refractivity contribution in [1.29, 1.82) is 0 Å². The molecule has 0 aromatic carbocycles. The van der Waals surface area contributed by atoms with E-state index in [-0.39, 0.29) is 23.9 Å². The van der Waals surface area contributed by atoms with Crippen LogP contribution in [-0.4, -0.2) is 24.9 Å². The Bertz CT molecular complexity index is 632. The first-order valence-corrected chi connectivity index (χ1v) is 5.60. The van der Waals surface area contributed by atoms with Gasteiger partial charge in [-0.15, -0.1) is 0 Å². The smallest absolute Gasteiger partial charge is 0.354 e. The third kappa shape index (κ3) is 2.92. The summed E-state index contributed by atoms with van der Waals surface area (Å²) in [5.74, 6) is 5.81. The van der Waals surface area contributed by atoms with Gasteiger partial charge in [-0.05, 0) is 13.0 Å². The third-order valence-electron chi connectivity index (χ3n) is 2.41. The Kier molecular flexibility index (Phi) is 3.96. The van der Waals surface area contributed by atoms with Crippen molar-refractivity contribution in [3.63, 3.8) is 0 Å². The van der Waals surface area contributed by atoms with E-state index in [2.05, 4.69) is 30.7 Å². The van der Waals surface area contributed by atoms with E-state index < -0.39 is 4.92 Å². The van der Waals surface area contributed by atoms with E-state index in [1.807, 2.05) is 0 Å². The highest BCUT2D eigenvalue weighted by Crippen LogP contribution is 2.28. The van der Waals surface area contributed by atoms with Gasteiger partial charge in [-0.25, -0.2) is 25.8 Å². The highest BCUT2D eigenvalue weighted by atomic mass is 16.6. The van der Waals surface area contributed by atoms with Gasteiger partial charge in [-0.2, -0.15) is 0 Å². The van der Waals surface area contributed by atoms with Crippen LogP contribution in [0.1, 0.15) is 11.5 Å². The summed E-state index contributed by atoms with van der Waals surface area (Å²) in [6.45, 7) is 2.03. The lowest BCUT2D eigenvalue weighted by Gasteiger charge is -2.07. The van der Waals surface area contributed by atoms with Crippen LogP contribution < -0.4 is 16.6 Å². The van der Waals surface area contributed by atoms with Crippen molar-refractivity contribution in [2.75, 3.05) is 10.7 Å². The van der Waals surface area contributed by atoms with Gasteiger partial charge in [0.1, 0.15) is 12.2 Å². The molecule has 0 aliphatic carbocycles. The molecule has 2 aromatic rings. The van der Waals surface area contributed by atoms with Crippen molar-refractivity contribution in [1.82, 2.24) is 19.9 Å². The number of hydrogen-bond acceptors (Lipinski definition) is 9. The number of aromatic nitrogens is 4. The molecular weight excluding hydrogens is 264 g/mol. The molecule has 0 bridgehead atoms. The SMILES string of the molecule is Cc1nccc(CNc2ncnc(NN)c2[N+](=O)[O-])n1. The Morgan fingerprint density at radius 3 is 2.75 bits per heavy atom. The Hall–Kier alpha value is -2.88. The van der Waals surface area contributed by atoms with Gasteiger partial charge in [-0.3, -0.25) is 10.1 Å². The minimum Gasteiger partial charge on any atom is -0.359 e. The molecule has 2 heterocycles. The summed E-state index contributed by atoms with van der Waals surface area (Å²) >= 11 is 0. The average molecular weight is 276 g/mol. The monoisotopic (exact) mass is 276 g/mol. The first kappa shape index (κ1) is 13.5. The zero-order valence-electron chi connectivity index (χ0n) is 10.6. The van der Waals surface area contributed by atoms with E-state index in [1.54, 1.807) is 19.2 Å². The van der Waals surface area contributed by atoms with Crippen molar-refractivity contribution >= 4 is 17.3 Å². The number of nitrogens with two attached hydrogens (primary N) is 1. The van der Waals surface area contributed by atoms with Crippen molar-refractivity contribution in [3.05, 3.63) is 40.2 Å². The summed E-state index contributed by atoms with van der Waals surface area (Å²) in [7, 11) is 0. The summed E-state index contributed by atoms with van der Waals surface area (Å²) in [5.41, 5.74) is 2.54. The van der Waals surface area contributed by atoms with Crippen molar-refractivity contribution in [2.45, 2.75) is 13.5 Å². The molecule has 0 radical (unpaired) electrons. The van der Waals surface area contributed by atoms with Crippen LogP contribution in [0.2, 0.25) is 0 Å². The molecule has 10 nitrogen and oxygen atoms in total. The van der Waals surface area contributed by atoms with E-state index in [9.17, 15) is 10.1 Å². The van der Waals surface area contributed by atoms with Gasteiger partial charge >= 0.3 is 5.69 Å². The maximum atomic E-state index is 11.0. The third-order valence-corrected chi connectivity index (χ3v) is 2.41. The van der Waals surface area contributed by atoms with Crippen LogP contribution in [0.3, 0.4) is 0 Å². The van der Waals surface area contributed by atoms with Gasteiger partial charge in [0.15, 0.2) is 0 Å².